The van der Waals surface area contributed by atoms with E-state index in [0.717, 1.165) is 44.9 Å². The normalized spacial score (nSPS) is 11.0. The Bertz CT molecular complexity index is 508. The van der Waals surface area contributed by atoms with Crippen LogP contribution in [0.5, 0.6) is 0 Å². The fourth-order valence-corrected chi connectivity index (χ4v) is 3.25. The topological polar surface area (TPSA) is 109 Å². The molecule has 0 fully saturated rings. The molecule has 0 rings (SSSR count). The van der Waals surface area contributed by atoms with Gasteiger partial charge >= 0.3 is 39.5 Å². The molecule has 220 valence electrons. The average molecular weight is 607 g/mol. The summed E-state index contributed by atoms with van der Waals surface area (Å²) in [4.78, 5) is 30.2. The molecule has 0 unspecified atom stereocenters. The van der Waals surface area contributed by atoms with Crippen LogP contribution in [0.25, 0.3) is 0 Å². The molecular formula is C30H59O6Zr-. The summed E-state index contributed by atoms with van der Waals surface area (Å²) in [7, 11) is 0. The van der Waals surface area contributed by atoms with Crippen LogP contribution in [0.4, 0.5) is 0 Å². The average Bonchev–Trinajstić information content (AvgIpc) is 2.73. The zero-order chi connectivity index (χ0) is 30.0. The van der Waals surface area contributed by atoms with Crippen molar-refractivity contribution in [3.05, 3.63) is 0 Å². The van der Waals surface area contributed by atoms with Crippen LogP contribution in [0.15, 0.2) is 0 Å². The SMILES string of the molecule is CC(C)(C)CCCCCC(=O)O.CC(C)(C)CCCCCC(=O)O.CC(C)(C)CCCCC[C-]=O.[O]=[Zr]. The molecule has 2 N–H and O–H groups in total. The number of hydrogen-bond donors (Lipinski definition) is 2. The molecule has 0 heterocycles. The van der Waals surface area contributed by atoms with Crippen LogP contribution in [0, 0.1) is 16.2 Å². The third kappa shape index (κ3) is 61.1. The molecule has 7 heteroatoms. The third-order valence-corrected chi connectivity index (χ3v) is 5.34. The van der Waals surface area contributed by atoms with Gasteiger partial charge in [0.05, 0.1) is 0 Å². The Morgan fingerprint density at radius 2 is 0.811 bits per heavy atom. The first kappa shape index (κ1) is 43.3. The molecule has 0 spiro atoms. The van der Waals surface area contributed by atoms with Gasteiger partial charge in [-0.2, -0.15) is 6.42 Å². The van der Waals surface area contributed by atoms with Crippen molar-refractivity contribution in [3.63, 3.8) is 0 Å². The molecule has 0 amide bonds. The van der Waals surface area contributed by atoms with Gasteiger partial charge in [-0.1, -0.05) is 107 Å². The number of carboxylic acid groups (broad SMARTS) is 2. The fourth-order valence-electron chi connectivity index (χ4n) is 3.25. The van der Waals surface area contributed by atoms with E-state index in [4.69, 9.17) is 13.0 Å². The number of rotatable bonds is 15. The van der Waals surface area contributed by atoms with Crippen molar-refractivity contribution in [2.45, 2.75) is 159 Å². The molecule has 6 nitrogen and oxygen atoms in total. The standard InChI is InChI=1S/2C10H20O2.C10H19O.O.Zr/c2*1-10(2,3)8-6-4-5-7-9(11)12;1-10(2,3)8-6-4-5-7-9-11;;/h2*4-8H2,1-3H3,(H,11,12);4-8H2,1-3H3;;/q;;-1;;. The zero-order valence-corrected chi connectivity index (χ0v) is 28.1. The molecule has 0 aromatic rings. The van der Waals surface area contributed by atoms with Gasteiger partial charge in [-0.3, -0.25) is 15.9 Å². The van der Waals surface area contributed by atoms with Gasteiger partial charge in [-0.05, 0) is 48.3 Å². The van der Waals surface area contributed by atoms with E-state index in [0.29, 0.717) is 60.2 Å². The minimum absolute atomic E-state index is 0.300. The van der Waals surface area contributed by atoms with Crippen molar-refractivity contribution in [2.24, 2.45) is 16.2 Å². The van der Waals surface area contributed by atoms with Crippen LogP contribution in [0.1, 0.15) is 159 Å². The molecule has 0 saturated heterocycles. The Morgan fingerprint density at radius 1 is 0.541 bits per heavy atom. The first-order chi connectivity index (χ1) is 16.9. The quantitative estimate of drug-likeness (QED) is 0.142. The van der Waals surface area contributed by atoms with Gasteiger partial charge in [0.15, 0.2) is 0 Å². The van der Waals surface area contributed by atoms with Crippen molar-refractivity contribution in [3.8, 4) is 0 Å². The summed E-state index contributed by atoms with van der Waals surface area (Å²) in [5.74, 6) is -1.35. The van der Waals surface area contributed by atoms with E-state index < -0.39 is 11.9 Å². The van der Waals surface area contributed by atoms with Gasteiger partial charge in [0, 0.05) is 12.8 Å². The Kier molecular flexibility index (Phi) is 31.5. The summed E-state index contributed by atoms with van der Waals surface area (Å²) in [6.45, 7) is 20.0. The first-order valence-electron chi connectivity index (χ1n) is 13.9. The molecule has 0 aliphatic heterocycles. The van der Waals surface area contributed by atoms with E-state index in [1.54, 1.807) is 0 Å². The summed E-state index contributed by atoms with van der Waals surface area (Å²) < 4.78 is 8.34. The van der Waals surface area contributed by atoms with E-state index in [1.807, 2.05) is 6.29 Å². The Morgan fingerprint density at radius 3 is 1.03 bits per heavy atom. The Labute approximate surface area is 244 Å². The molecule has 0 aromatic carbocycles. The molecule has 0 aromatic heterocycles. The molecule has 0 aliphatic carbocycles. The van der Waals surface area contributed by atoms with Gasteiger partial charge in [0.25, 0.3) is 0 Å². The predicted molar refractivity (Wildman–Crippen MR) is 149 cm³/mol. The third-order valence-electron chi connectivity index (χ3n) is 5.34. The molecule has 0 bridgehead atoms. The van der Waals surface area contributed by atoms with Crippen LogP contribution < -0.4 is 0 Å². The number of aliphatic carboxylic acids is 2. The van der Waals surface area contributed by atoms with E-state index >= 15 is 0 Å². The van der Waals surface area contributed by atoms with Crippen LogP contribution in [0.3, 0.4) is 0 Å². The second-order valence-electron chi connectivity index (χ2n) is 13.3. The van der Waals surface area contributed by atoms with Crippen molar-refractivity contribution < 1.29 is 52.1 Å². The number of carbonyl (C=O) groups is 2. The molecule has 0 radical (unpaired) electrons. The van der Waals surface area contributed by atoms with E-state index in [-0.39, 0.29) is 0 Å². The molecule has 0 saturated carbocycles. The fraction of sp³-hybridized carbons (Fsp3) is 0.900. The monoisotopic (exact) mass is 605 g/mol. The maximum atomic E-state index is 10.2. The minimum atomic E-state index is -0.675. The number of carbonyl (C=O) groups excluding carboxylic acids is 1. The van der Waals surface area contributed by atoms with Crippen LogP contribution in [-0.4, -0.2) is 28.4 Å². The predicted octanol–water partition coefficient (Wildman–Crippen LogP) is 9.11. The van der Waals surface area contributed by atoms with E-state index in [9.17, 15) is 14.4 Å². The number of unbranched alkanes of at least 4 members (excludes halogenated alkanes) is 7. The van der Waals surface area contributed by atoms with Gasteiger partial charge in [0.2, 0.25) is 0 Å². The second kappa shape index (κ2) is 26.9. The molecule has 0 aliphatic rings. The van der Waals surface area contributed by atoms with Gasteiger partial charge < -0.3 is 15.0 Å². The second-order valence-corrected chi connectivity index (χ2v) is 13.3. The Hall–Kier alpha value is -0.707. The summed E-state index contributed by atoms with van der Waals surface area (Å²) >= 11 is 0.300. The van der Waals surface area contributed by atoms with Crippen molar-refractivity contribution in [1.82, 2.24) is 0 Å². The van der Waals surface area contributed by atoms with Crippen molar-refractivity contribution in [2.75, 3.05) is 0 Å². The van der Waals surface area contributed by atoms with Gasteiger partial charge in [0.1, 0.15) is 0 Å². The summed E-state index contributed by atoms with van der Waals surface area (Å²) in [5, 5.41) is 16.7. The van der Waals surface area contributed by atoms with Crippen LogP contribution in [0.2, 0.25) is 0 Å². The van der Waals surface area contributed by atoms with Crippen molar-refractivity contribution in [1.29, 1.82) is 0 Å². The summed E-state index contributed by atoms with van der Waals surface area (Å²) in [6.07, 6.45) is 16.3. The summed E-state index contributed by atoms with van der Waals surface area (Å²) in [5.41, 5.74) is 1.23. The van der Waals surface area contributed by atoms with Crippen molar-refractivity contribution >= 4 is 18.2 Å². The van der Waals surface area contributed by atoms with E-state index in [1.165, 1.54) is 32.1 Å². The van der Waals surface area contributed by atoms with Crippen LogP contribution >= 0.6 is 0 Å². The molecular weight excluding hydrogens is 548 g/mol. The molecule has 37 heavy (non-hydrogen) atoms. The Balaban J connectivity index is -0.000000213. The van der Waals surface area contributed by atoms with Crippen LogP contribution in [-0.2, 0) is 41.9 Å². The van der Waals surface area contributed by atoms with Gasteiger partial charge in [-0.25, -0.2) is 0 Å². The molecule has 0 atom stereocenters. The van der Waals surface area contributed by atoms with Gasteiger partial charge in [-0.15, -0.1) is 0 Å². The number of carboxylic acids is 2. The summed E-state index contributed by atoms with van der Waals surface area (Å²) in [6, 6.07) is 0. The first-order valence-corrected chi connectivity index (χ1v) is 14.9. The number of hydrogen-bond acceptors (Lipinski definition) is 4. The maximum absolute atomic E-state index is 10.2. The van der Waals surface area contributed by atoms with E-state index in [2.05, 4.69) is 62.3 Å². The zero-order valence-electron chi connectivity index (χ0n) is 25.6.